The van der Waals surface area contributed by atoms with Crippen LogP contribution in [-0.4, -0.2) is 6.54 Å². The Morgan fingerprint density at radius 2 is 2.12 bits per heavy atom. The summed E-state index contributed by atoms with van der Waals surface area (Å²) in [5.74, 6) is 0.707. The SMILES string of the molecule is Cc1c(CNCC(C)C)sc2ccc(Br)cc12. The molecule has 17 heavy (non-hydrogen) atoms. The predicted octanol–water partition coefficient (Wildman–Crippen LogP) is 4.72. The molecule has 0 atom stereocenters. The fourth-order valence-corrected chi connectivity index (χ4v) is 3.41. The number of halogens is 1. The van der Waals surface area contributed by atoms with Gasteiger partial charge in [-0.1, -0.05) is 29.8 Å². The van der Waals surface area contributed by atoms with Gasteiger partial charge in [-0.05, 0) is 48.5 Å². The molecule has 0 fully saturated rings. The summed E-state index contributed by atoms with van der Waals surface area (Å²) >= 11 is 5.44. The van der Waals surface area contributed by atoms with E-state index in [0.717, 1.165) is 17.6 Å². The monoisotopic (exact) mass is 311 g/mol. The highest BCUT2D eigenvalue weighted by Crippen LogP contribution is 2.32. The van der Waals surface area contributed by atoms with Gasteiger partial charge in [0.05, 0.1) is 0 Å². The average Bonchev–Trinajstić information content (AvgIpc) is 2.56. The molecule has 0 spiro atoms. The van der Waals surface area contributed by atoms with Gasteiger partial charge in [0.2, 0.25) is 0 Å². The highest BCUT2D eigenvalue weighted by atomic mass is 79.9. The summed E-state index contributed by atoms with van der Waals surface area (Å²) in [5, 5.41) is 4.90. The lowest BCUT2D eigenvalue weighted by atomic mass is 10.1. The molecule has 0 unspecified atom stereocenters. The summed E-state index contributed by atoms with van der Waals surface area (Å²) in [6.07, 6.45) is 0. The zero-order valence-electron chi connectivity index (χ0n) is 10.5. The molecule has 2 rings (SSSR count). The highest BCUT2D eigenvalue weighted by molar-refractivity contribution is 9.10. The first-order chi connectivity index (χ1) is 8.08. The lowest BCUT2D eigenvalue weighted by molar-refractivity contribution is 0.554. The van der Waals surface area contributed by atoms with Gasteiger partial charge < -0.3 is 5.32 Å². The zero-order chi connectivity index (χ0) is 12.4. The second-order valence-electron chi connectivity index (χ2n) is 4.82. The number of aryl methyl sites for hydroxylation is 1. The van der Waals surface area contributed by atoms with Crippen molar-refractivity contribution in [2.24, 2.45) is 5.92 Å². The molecule has 3 heteroatoms. The van der Waals surface area contributed by atoms with E-state index in [4.69, 9.17) is 0 Å². The van der Waals surface area contributed by atoms with Crippen LogP contribution >= 0.6 is 27.3 Å². The number of hydrogen-bond donors (Lipinski definition) is 1. The molecule has 1 aromatic carbocycles. The first-order valence-electron chi connectivity index (χ1n) is 5.96. The van der Waals surface area contributed by atoms with Gasteiger partial charge in [-0.15, -0.1) is 11.3 Å². The highest BCUT2D eigenvalue weighted by Gasteiger charge is 2.08. The molecule has 2 aromatic rings. The normalized spacial score (nSPS) is 11.6. The van der Waals surface area contributed by atoms with E-state index in [0.29, 0.717) is 5.92 Å². The molecule has 0 saturated heterocycles. The summed E-state index contributed by atoms with van der Waals surface area (Å²) in [6.45, 7) is 8.76. The van der Waals surface area contributed by atoms with Gasteiger partial charge in [0.1, 0.15) is 0 Å². The van der Waals surface area contributed by atoms with Gasteiger partial charge in [0.25, 0.3) is 0 Å². The van der Waals surface area contributed by atoms with Gasteiger partial charge in [0, 0.05) is 20.6 Å². The molecule has 1 heterocycles. The maximum absolute atomic E-state index is 3.54. The first-order valence-corrected chi connectivity index (χ1v) is 7.57. The average molecular weight is 312 g/mol. The third-order valence-electron chi connectivity index (χ3n) is 2.84. The van der Waals surface area contributed by atoms with Gasteiger partial charge in [-0.25, -0.2) is 0 Å². The summed E-state index contributed by atoms with van der Waals surface area (Å²) in [7, 11) is 0. The Bertz CT molecular complexity index is 516. The Hall–Kier alpha value is -0.380. The van der Waals surface area contributed by atoms with Crippen molar-refractivity contribution in [3.05, 3.63) is 33.1 Å². The molecule has 1 nitrogen and oxygen atoms in total. The van der Waals surface area contributed by atoms with Crippen LogP contribution in [-0.2, 0) is 6.54 Å². The Morgan fingerprint density at radius 1 is 1.35 bits per heavy atom. The van der Waals surface area contributed by atoms with Gasteiger partial charge >= 0.3 is 0 Å². The van der Waals surface area contributed by atoms with E-state index >= 15 is 0 Å². The Labute approximate surface area is 115 Å². The summed E-state index contributed by atoms with van der Waals surface area (Å²) in [5.41, 5.74) is 1.42. The summed E-state index contributed by atoms with van der Waals surface area (Å²) < 4.78 is 2.54. The van der Waals surface area contributed by atoms with Crippen LogP contribution in [0.5, 0.6) is 0 Å². The van der Waals surface area contributed by atoms with E-state index in [1.165, 1.54) is 20.5 Å². The lowest BCUT2D eigenvalue weighted by Gasteiger charge is -2.06. The smallest absolute Gasteiger partial charge is 0.0349 e. The van der Waals surface area contributed by atoms with E-state index < -0.39 is 0 Å². The van der Waals surface area contributed by atoms with Crippen LogP contribution in [0, 0.1) is 12.8 Å². The molecule has 1 aromatic heterocycles. The Kier molecular flexibility index (Phi) is 4.23. The van der Waals surface area contributed by atoms with Crippen molar-refractivity contribution in [1.29, 1.82) is 0 Å². The van der Waals surface area contributed by atoms with Crippen molar-refractivity contribution in [2.75, 3.05) is 6.54 Å². The molecule has 0 radical (unpaired) electrons. The number of fused-ring (bicyclic) bond motifs is 1. The minimum absolute atomic E-state index is 0.707. The summed E-state index contributed by atoms with van der Waals surface area (Å²) in [6, 6.07) is 6.53. The minimum atomic E-state index is 0.707. The van der Waals surface area contributed by atoms with Crippen molar-refractivity contribution in [3.8, 4) is 0 Å². The van der Waals surface area contributed by atoms with Gasteiger partial charge in [-0.2, -0.15) is 0 Å². The molecule has 92 valence electrons. The second kappa shape index (κ2) is 5.51. The van der Waals surface area contributed by atoms with Crippen LogP contribution in [0.1, 0.15) is 24.3 Å². The molecule has 0 aliphatic heterocycles. The molecule has 0 saturated carbocycles. The third-order valence-corrected chi connectivity index (χ3v) is 4.60. The molecule has 0 aliphatic rings. The molecular formula is C14H18BrNS. The molecular weight excluding hydrogens is 294 g/mol. The molecule has 0 aliphatic carbocycles. The van der Waals surface area contributed by atoms with Gasteiger partial charge in [-0.3, -0.25) is 0 Å². The largest absolute Gasteiger partial charge is 0.312 e. The standard InChI is InChI=1S/C14H18BrNS/c1-9(2)7-16-8-14-10(3)12-6-11(15)4-5-13(12)17-14/h4-6,9,16H,7-8H2,1-3H3. The quantitative estimate of drug-likeness (QED) is 0.861. The lowest BCUT2D eigenvalue weighted by Crippen LogP contribution is -2.18. The minimum Gasteiger partial charge on any atom is -0.312 e. The van der Waals surface area contributed by atoms with Crippen LogP contribution in [0.4, 0.5) is 0 Å². The molecule has 1 N–H and O–H groups in total. The summed E-state index contributed by atoms with van der Waals surface area (Å²) in [4.78, 5) is 1.46. The van der Waals surface area contributed by atoms with Crippen LogP contribution in [0.2, 0.25) is 0 Å². The second-order valence-corrected chi connectivity index (χ2v) is 6.87. The van der Waals surface area contributed by atoms with Crippen LogP contribution in [0.15, 0.2) is 22.7 Å². The zero-order valence-corrected chi connectivity index (χ0v) is 12.9. The van der Waals surface area contributed by atoms with E-state index in [1.54, 1.807) is 0 Å². The first kappa shape index (κ1) is 13.1. The molecule has 0 amide bonds. The fourth-order valence-electron chi connectivity index (χ4n) is 1.89. The van der Waals surface area contributed by atoms with Crippen molar-refractivity contribution in [3.63, 3.8) is 0 Å². The van der Waals surface area contributed by atoms with Crippen LogP contribution in [0.25, 0.3) is 10.1 Å². The van der Waals surface area contributed by atoms with E-state index in [1.807, 2.05) is 11.3 Å². The number of rotatable bonds is 4. The number of nitrogens with one attached hydrogen (secondary N) is 1. The van der Waals surface area contributed by atoms with Crippen molar-refractivity contribution < 1.29 is 0 Å². The predicted molar refractivity (Wildman–Crippen MR) is 80.8 cm³/mol. The maximum atomic E-state index is 3.54. The van der Waals surface area contributed by atoms with Crippen molar-refractivity contribution in [1.82, 2.24) is 5.32 Å². The Morgan fingerprint density at radius 3 is 2.82 bits per heavy atom. The third kappa shape index (κ3) is 3.09. The maximum Gasteiger partial charge on any atom is 0.0349 e. The van der Waals surface area contributed by atoms with Crippen LogP contribution in [0.3, 0.4) is 0 Å². The van der Waals surface area contributed by atoms with Crippen molar-refractivity contribution in [2.45, 2.75) is 27.3 Å². The number of thiophene rings is 1. The van der Waals surface area contributed by atoms with Crippen molar-refractivity contribution >= 4 is 37.4 Å². The van der Waals surface area contributed by atoms with Gasteiger partial charge in [0.15, 0.2) is 0 Å². The fraction of sp³-hybridized carbons (Fsp3) is 0.429. The van der Waals surface area contributed by atoms with E-state index in [-0.39, 0.29) is 0 Å². The Balaban J connectivity index is 2.20. The number of hydrogen-bond acceptors (Lipinski definition) is 2. The number of benzene rings is 1. The topological polar surface area (TPSA) is 12.0 Å². The van der Waals surface area contributed by atoms with E-state index in [2.05, 4.69) is 60.2 Å². The van der Waals surface area contributed by atoms with E-state index in [9.17, 15) is 0 Å². The van der Waals surface area contributed by atoms with Crippen LogP contribution < -0.4 is 5.32 Å². The molecule has 0 bridgehead atoms.